The molecule has 1 rings (SSSR count). The van der Waals surface area contributed by atoms with E-state index in [2.05, 4.69) is 11.2 Å². The van der Waals surface area contributed by atoms with Gasteiger partial charge >= 0.3 is 5.97 Å². The molecule has 1 unspecified atom stereocenters. The van der Waals surface area contributed by atoms with Crippen LogP contribution in [0, 0.1) is 18.3 Å². The third-order valence-electron chi connectivity index (χ3n) is 3.10. The topological polar surface area (TPSA) is 66.4 Å². The Balaban J connectivity index is 0.00000254. The number of hydrogen-bond donors (Lipinski definition) is 2. The molecule has 0 saturated heterocycles. The quantitative estimate of drug-likeness (QED) is 0.479. The van der Waals surface area contributed by atoms with Gasteiger partial charge in [0, 0.05) is 18.5 Å². The van der Waals surface area contributed by atoms with Gasteiger partial charge in [0.2, 0.25) is 5.91 Å². The minimum atomic E-state index is -1.11. The number of aliphatic carboxylic acids is 1. The molecule has 2 N–H and O–H groups in total. The van der Waals surface area contributed by atoms with Crippen molar-refractivity contribution < 1.29 is 14.7 Å². The number of benzene rings is 1. The number of hydrogen-bond acceptors (Lipinski definition) is 2. The lowest BCUT2D eigenvalue weighted by Gasteiger charge is -2.07. The summed E-state index contributed by atoms with van der Waals surface area (Å²) in [7, 11) is 1.49. The molecule has 0 fully saturated rings. The van der Waals surface area contributed by atoms with Crippen molar-refractivity contribution in [3.63, 3.8) is 0 Å². The third-order valence-corrected chi connectivity index (χ3v) is 3.10. The van der Waals surface area contributed by atoms with E-state index in [-0.39, 0.29) is 17.4 Å². The molecule has 24 heavy (non-hydrogen) atoms. The van der Waals surface area contributed by atoms with Crippen LogP contribution in [0.5, 0.6) is 0 Å². The van der Waals surface area contributed by atoms with Gasteiger partial charge < -0.3 is 10.4 Å². The zero-order valence-electron chi connectivity index (χ0n) is 14.7. The number of terminal acetylenes is 1. The van der Waals surface area contributed by atoms with Gasteiger partial charge in [0.15, 0.2) is 0 Å². The summed E-state index contributed by atoms with van der Waals surface area (Å²) >= 11 is 0. The summed E-state index contributed by atoms with van der Waals surface area (Å²) in [5.74, 6) is 0.783. The van der Waals surface area contributed by atoms with Gasteiger partial charge in [-0.2, -0.15) is 0 Å². The molecule has 0 aliphatic carbocycles. The van der Waals surface area contributed by atoms with Crippen LogP contribution in [0.2, 0.25) is 0 Å². The number of rotatable bonds is 6. The normalized spacial score (nSPS) is 12.3. The van der Waals surface area contributed by atoms with Crippen molar-refractivity contribution in [2.45, 2.75) is 27.2 Å². The molecule has 0 aliphatic rings. The average Bonchev–Trinajstić information content (AvgIpc) is 2.61. The molecule has 0 heterocycles. The van der Waals surface area contributed by atoms with E-state index in [1.54, 1.807) is 6.92 Å². The summed E-state index contributed by atoms with van der Waals surface area (Å²) in [5.41, 5.74) is 1.35. The fourth-order valence-electron chi connectivity index (χ4n) is 1.93. The maximum Gasteiger partial charge on any atom is 0.335 e. The second kappa shape index (κ2) is 11.7. The van der Waals surface area contributed by atoms with Crippen LogP contribution >= 0.6 is 0 Å². The van der Waals surface area contributed by atoms with Gasteiger partial charge in [-0.1, -0.05) is 56.2 Å². The summed E-state index contributed by atoms with van der Waals surface area (Å²) < 4.78 is 0. The Morgan fingerprint density at radius 2 is 1.88 bits per heavy atom. The molecule has 1 aromatic rings. The van der Waals surface area contributed by atoms with Gasteiger partial charge in [-0.25, -0.2) is 4.79 Å². The molecule has 4 nitrogen and oxygen atoms in total. The Kier molecular flexibility index (Phi) is 10.4. The lowest BCUT2D eigenvalue weighted by atomic mass is 9.97. The van der Waals surface area contributed by atoms with Crippen LogP contribution in [0.15, 0.2) is 53.6 Å². The molecule has 0 bridgehead atoms. The lowest BCUT2D eigenvalue weighted by Crippen LogP contribution is -2.19. The maximum atomic E-state index is 11.5. The molecule has 128 valence electrons. The largest absolute Gasteiger partial charge is 0.478 e. The second-order valence-electron chi connectivity index (χ2n) is 4.80. The number of carboxylic acid groups (broad SMARTS) is 1. The molecule has 1 aromatic carbocycles. The van der Waals surface area contributed by atoms with Crippen LogP contribution < -0.4 is 5.32 Å². The van der Waals surface area contributed by atoms with Gasteiger partial charge in [0.1, 0.15) is 0 Å². The van der Waals surface area contributed by atoms with Crippen molar-refractivity contribution in [2.75, 3.05) is 7.05 Å². The fourth-order valence-corrected chi connectivity index (χ4v) is 1.93. The van der Waals surface area contributed by atoms with Crippen LogP contribution in [0.1, 0.15) is 26.3 Å². The minimum absolute atomic E-state index is 0.0139. The average molecular weight is 327 g/mol. The third kappa shape index (κ3) is 7.46. The first-order valence-electron chi connectivity index (χ1n) is 7.83. The summed E-state index contributed by atoms with van der Waals surface area (Å²) in [6.45, 7) is 5.55. The highest BCUT2D eigenvalue weighted by molar-refractivity contribution is 5.97. The van der Waals surface area contributed by atoms with Gasteiger partial charge in [0.25, 0.3) is 0 Å². The number of allylic oxidation sites excluding steroid dienone is 1. The highest BCUT2D eigenvalue weighted by atomic mass is 16.4. The van der Waals surface area contributed by atoms with Crippen LogP contribution in [0.3, 0.4) is 0 Å². The number of likely N-dealkylation sites (N-methyl/N-ethyl adjacent to an activating group) is 1. The first-order valence-corrected chi connectivity index (χ1v) is 7.83. The van der Waals surface area contributed by atoms with Crippen molar-refractivity contribution in [1.82, 2.24) is 5.32 Å². The number of carbonyl (C=O) groups is 2. The lowest BCUT2D eigenvalue weighted by molar-refractivity contribution is -0.132. The van der Waals surface area contributed by atoms with E-state index < -0.39 is 5.97 Å². The van der Waals surface area contributed by atoms with Crippen molar-refractivity contribution in [1.29, 1.82) is 0 Å². The summed E-state index contributed by atoms with van der Waals surface area (Å²) in [6, 6.07) is 9.58. The van der Waals surface area contributed by atoms with E-state index in [4.69, 9.17) is 6.42 Å². The Labute approximate surface area is 144 Å². The zero-order valence-corrected chi connectivity index (χ0v) is 14.7. The van der Waals surface area contributed by atoms with Crippen molar-refractivity contribution in [3.8, 4) is 12.3 Å². The van der Waals surface area contributed by atoms with Gasteiger partial charge in [0.05, 0.1) is 5.57 Å². The SMILES string of the molecule is C#CC(/C=C(\C=C(/C)C(=O)NC)C(=O)O)Cc1ccccc1.CC. The Morgan fingerprint density at radius 1 is 1.29 bits per heavy atom. The number of nitrogens with one attached hydrogen (secondary N) is 1. The predicted molar refractivity (Wildman–Crippen MR) is 97.4 cm³/mol. The van der Waals surface area contributed by atoms with E-state index >= 15 is 0 Å². The molecular weight excluding hydrogens is 302 g/mol. The number of carboxylic acids is 1. The van der Waals surface area contributed by atoms with Crippen LogP contribution in [-0.2, 0) is 16.0 Å². The fraction of sp³-hybridized carbons (Fsp3) is 0.300. The number of amides is 1. The monoisotopic (exact) mass is 327 g/mol. The first-order chi connectivity index (χ1) is 11.5. The molecule has 0 aromatic heterocycles. The highest BCUT2D eigenvalue weighted by Gasteiger charge is 2.11. The van der Waals surface area contributed by atoms with Crippen LogP contribution in [0.25, 0.3) is 0 Å². The van der Waals surface area contributed by atoms with Crippen molar-refractivity contribution in [2.24, 2.45) is 5.92 Å². The molecule has 0 spiro atoms. The zero-order chi connectivity index (χ0) is 18.5. The minimum Gasteiger partial charge on any atom is -0.478 e. The van der Waals surface area contributed by atoms with Gasteiger partial charge in [-0.05, 0) is 25.0 Å². The Morgan fingerprint density at radius 3 is 2.33 bits per heavy atom. The molecule has 4 heteroatoms. The van der Waals surface area contributed by atoms with E-state index in [0.717, 1.165) is 5.56 Å². The molecule has 1 atom stereocenters. The summed E-state index contributed by atoms with van der Waals surface area (Å²) in [4.78, 5) is 22.8. The summed E-state index contributed by atoms with van der Waals surface area (Å²) in [5, 5.41) is 11.7. The van der Waals surface area contributed by atoms with Crippen molar-refractivity contribution >= 4 is 11.9 Å². The highest BCUT2D eigenvalue weighted by Crippen LogP contribution is 2.13. The van der Waals surface area contributed by atoms with Gasteiger partial charge in [-0.3, -0.25) is 4.79 Å². The van der Waals surface area contributed by atoms with E-state index in [1.807, 2.05) is 44.2 Å². The molecule has 0 radical (unpaired) electrons. The maximum absolute atomic E-state index is 11.5. The van der Waals surface area contributed by atoms with Crippen LogP contribution in [0.4, 0.5) is 0 Å². The number of carbonyl (C=O) groups excluding carboxylic acids is 1. The predicted octanol–water partition coefficient (Wildman–Crippen LogP) is 3.21. The molecular formula is C20H25NO3. The van der Waals surface area contributed by atoms with Crippen molar-refractivity contribution in [3.05, 3.63) is 59.2 Å². The molecule has 0 saturated carbocycles. The van der Waals surface area contributed by atoms with E-state index in [9.17, 15) is 14.7 Å². The first kappa shape index (κ1) is 21.2. The van der Waals surface area contributed by atoms with E-state index in [1.165, 1.54) is 19.2 Å². The molecule has 0 aliphatic heterocycles. The standard InChI is InChI=1S/C18H19NO3.C2H6/c1-4-14(11-15-8-6-5-7-9-15)12-16(18(21)22)10-13(2)17(20)19-3;1-2/h1,5-10,12,14H,11H2,2-3H3,(H,19,20)(H,21,22);1-2H3/b13-10+,16-12+;. The Hall–Kier alpha value is -2.80. The smallest absolute Gasteiger partial charge is 0.335 e. The van der Waals surface area contributed by atoms with Gasteiger partial charge in [-0.15, -0.1) is 6.42 Å². The summed E-state index contributed by atoms with van der Waals surface area (Å²) in [6.07, 6.45) is 8.87. The van der Waals surface area contributed by atoms with E-state index in [0.29, 0.717) is 12.0 Å². The van der Waals surface area contributed by atoms with Crippen LogP contribution in [-0.4, -0.2) is 24.0 Å². The Bertz CT molecular complexity index is 637. The molecule has 1 amide bonds. The second-order valence-corrected chi connectivity index (χ2v) is 4.80.